The third-order valence-electron chi connectivity index (χ3n) is 3.21. The number of H-pyrrole nitrogens is 1. The maximum Gasteiger partial charge on any atom is 0.162 e. The summed E-state index contributed by atoms with van der Waals surface area (Å²) >= 11 is 0. The molecule has 2 heterocycles. The molecule has 1 fully saturated rings. The average molecular weight is 214 g/mol. The first-order valence-electron chi connectivity index (χ1n) is 5.75. The van der Waals surface area contributed by atoms with Crippen LogP contribution >= 0.6 is 0 Å². The predicted octanol–water partition coefficient (Wildman–Crippen LogP) is 2.52. The molecular formula is C12H14N4. The Morgan fingerprint density at radius 3 is 2.88 bits per heavy atom. The summed E-state index contributed by atoms with van der Waals surface area (Å²) in [5, 5.41) is 6.71. The van der Waals surface area contributed by atoms with Gasteiger partial charge in [-0.05, 0) is 18.9 Å². The lowest BCUT2D eigenvalue weighted by atomic mass is 10.0. The second-order valence-electron chi connectivity index (χ2n) is 4.27. The number of aromatic amines is 1. The molecule has 0 aliphatic heterocycles. The SMILES string of the molecule is c1cc(C2CCCC2)nc(-c2cn[nH]c2)n1. The summed E-state index contributed by atoms with van der Waals surface area (Å²) in [5.41, 5.74) is 2.14. The lowest BCUT2D eigenvalue weighted by Crippen LogP contribution is -1.98. The van der Waals surface area contributed by atoms with Crippen molar-refractivity contribution in [1.82, 2.24) is 20.2 Å². The molecule has 1 aliphatic rings. The van der Waals surface area contributed by atoms with Gasteiger partial charge in [-0.1, -0.05) is 12.8 Å². The number of hydrogen-bond donors (Lipinski definition) is 1. The zero-order valence-electron chi connectivity index (χ0n) is 9.06. The largest absolute Gasteiger partial charge is 0.285 e. The van der Waals surface area contributed by atoms with Gasteiger partial charge in [-0.2, -0.15) is 5.10 Å². The van der Waals surface area contributed by atoms with Crippen LogP contribution in [0.15, 0.2) is 24.7 Å². The quantitative estimate of drug-likeness (QED) is 0.835. The van der Waals surface area contributed by atoms with Crippen molar-refractivity contribution in [2.45, 2.75) is 31.6 Å². The molecule has 0 radical (unpaired) electrons. The van der Waals surface area contributed by atoms with E-state index in [0.717, 1.165) is 11.4 Å². The fourth-order valence-corrected chi connectivity index (χ4v) is 2.33. The van der Waals surface area contributed by atoms with E-state index in [9.17, 15) is 0 Å². The summed E-state index contributed by atoms with van der Waals surface area (Å²) in [5.74, 6) is 1.41. The van der Waals surface area contributed by atoms with Gasteiger partial charge in [0.25, 0.3) is 0 Å². The van der Waals surface area contributed by atoms with Crippen molar-refractivity contribution < 1.29 is 0 Å². The number of aromatic nitrogens is 4. The lowest BCUT2D eigenvalue weighted by molar-refractivity contribution is 0.695. The molecule has 0 atom stereocenters. The molecule has 2 aromatic heterocycles. The van der Waals surface area contributed by atoms with Crippen molar-refractivity contribution in [3.63, 3.8) is 0 Å². The second kappa shape index (κ2) is 4.04. The predicted molar refractivity (Wildman–Crippen MR) is 60.8 cm³/mol. The number of nitrogens with zero attached hydrogens (tertiary/aromatic N) is 3. The van der Waals surface area contributed by atoms with Gasteiger partial charge in [0.15, 0.2) is 5.82 Å². The third kappa shape index (κ3) is 1.71. The molecule has 1 N–H and O–H groups in total. The molecule has 0 amide bonds. The zero-order valence-corrected chi connectivity index (χ0v) is 9.06. The molecule has 4 heteroatoms. The molecule has 3 rings (SSSR count). The van der Waals surface area contributed by atoms with Gasteiger partial charge < -0.3 is 0 Å². The molecule has 0 unspecified atom stereocenters. The Morgan fingerprint density at radius 1 is 1.25 bits per heavy atom. The first kappa shape index (κ1) is 9.51. The Morgan fingerprint density at radius 2 is 2.12 bits per heavy atom. The van der Waals surface area contributed by atoms with Crippen LogP contribution in [0.5, 0.6) is 0 Å². The van der Waals surface area contributed by atoms with Gasteiger partial charge >= 0.3 is 0 Å². The van der Waals surface area contributed by atoms with Gasteiger partial charge in [0, 0.05) is 24.0 Å². The van der Waals surface area contributed by atoms with Crippen LogP contribution in [0.2, 0.25) is 0 Å². The van der Waals surface area contributed by atoms with E-state index in [1.807, 2.05) is 18.5 Å². The maximum atomic E-state index is 4.63. The van der Waals surface area contributed by atoms with Crippen LogP contribution in [-0.4, -0.2) is 20.2 Å². The van der Waals surface area contributed by atoms with Crippen molar-refractivity contribution in [2.75, 3.05) is 0 Å². The van der Waals surface area contributed by atoms with E-state index in [1.54, 1.807) is 6.20 Å². The van der Waals surface area contributed by atoms with Crippen LogP contribution in [-0.2, 0) is 0 Å². The Kier molecular flexibility index (Phi) is 2.40. The third-order valence-corrected chi connectivity index (χ3v) is 3.21. The van der Waals surface area contributed by atoms with Crippen LogP contribution in [0.1, 0.15) is 37.3 Å². The van der Waals surface area contributed by atoms with Crippen LogP contribution in [0.4, 0.5) is 0 Å². The standard InChI is InChI=1S/C12H14N4/c1-2-4-9(3-1)11-5-6-13-12(16-11)10-7-14-15-8-10/h5-9H,1-4H2,(H,14,15). The highest BCUT2D eigenvalue weighted by Gasteiger charge is 2.18. The minimum absolute atomic E-state index is 0.633. The van der Waals surface area contributed by atoms with Crippen molar-refractivity contribution in [2.24, 2.45) is 0 Å². The van der Waals surface area contributed by atoms with Crippen molar-refractivity contribution >= 4 is 0 Å². The summed E-state index contributed by atoms with van der Waals surface area (Å²) in [6, 6.07) is 2.04. The van der Waals surface area contributed by atoms with E-state index in [4.69, 9.17) is 0 Å². The zero-order chi connectivity index (χ0) is 10.8. The highest BCUT2D eigenvalue weighted by molar-refractivity contribution is 5.51. The molecule has 4 nitrogen and oxygen atoms in total. The highest BCUT2D eigenvalue weighted by Crippen LogP contribution is 2.33. The second-order valence-corrected chi connectivity index (χ2v) is 4.27. The fourth-order valence-electron chi connectivity index (χ4n) is 2.33. The Bertz CT molecular complexity index is 458. The molecule has 0 saturated heterocycles. The van der Waals surface area contributed by atoms with Gasteiger partial charge in [0.1, 0.15) is 0 Å². The summed E-state index contributed by atoms with van der Waals surface area (Å²) in [7, 11) is 0. The maximum absolute atomic E-state index is 4.63. The number of nitrogens with one attached hydrogen (secondary N) is 1. The van der Waals surface area contributed by atoms with Gasteiger partial charge in [0.2, 0.25) is 0 Å². The normalized spacial score (nSPS) is 16.8. The number of rotatable bonds is 2. The Hall–Kier alpha value is -1.71. The average Bonchev–Trinajstić information content (AvgIpc) is 3.03. The molecule has 1 saturated carbocycles. The minimum atomic E-state index is 0.633. The monoisotopic (exact) mass is 214 g/mol. The van der Waals surface area contributed by atoms with Crippen LogP contribution in [0.25, 0.3) is 11.4 Å². The molecule has 2 aromatic rings. The summed E-state index contributed by atoms with van der Waals surface area (Å²) in [6.07, 6.45) is 10.6. The van der Waals surface area contributed by atoms with Crippen LogP contribution < -0.4 is 0 Å². The molecule has 82 valence electrons. The van der Waals surface area contributed by atoms with Gasteiger partial charge in [0.05, 0.1) is 11.8 Å². The topological polar surface area (TPSA) is 54.5 Å². The summed E-state index contributed by atoms with van der Waals surface area (Å²) in [4.78, 5) is 8.91. The molecule has 0 aromatic carbocycles. The highest BCUT2D eigenvalue weighted by atomic mass is 15.1. The van der Waals surface area contributed by atoms with E-state index >= 15 is 0 Å². The van der Waals surface area contributed by atoms with E-state index in [2.05, 4.69) is 20.2 Å². The van der Waals surface area contributed by atoms with E-state index < -0.39 is 0 Å². The van der Waals surface area contributed by atoms with Gasteiger partial charge in [-0.3, -0.25) is 5.10 Å². The van der Waals surface area contributed by atoms with Crippen LogP contribution in [0.3, 0.4) is 0 Å². The number of hydrogen-bond acceptors (Lipinski definition) is 3. The van der Waals surface area contributed by atoms with Crippen LogP contribution in [0, 0.1) is 0 Å². The van der Waals surface area contributed by atoms with Crippen molar-refractivity contribution in [3.05, 3.63) is 30.4 Å². The summed E-state index contributed by atoms with van der Waals surface area (Å²) < 4.78 is 0. The molecule has 0 spiro atoms. The molecule has 16 heavy (non-hydrogen) atoms. The van der Waals surface area contributed by atoms with E-state index in [1.165, 1.54) is 31.4 Å². The van der Waals surface area contributed by atoms with Crippen molar-refractivity contribution in [3.8, 4) is 11.4 Å². The van der Waals surface area contributed by atoms with Crippen molar-refractivity contribution in [1.29, 1.82) is 0 Å². The minimum Gasteiger partial charge on any atom is -0.285 e. The molecule has 1 aliphatic carbocycles. The van der Waals surface area contributed by atoms with E-state index in [-0.39, 0.29) is 0 Å². The lowest BCUT2D eigenvalue weighted by Gasteiger charge is -2.08. The van der Waals surface area contributed by atoms with E-state index in [0.29, 0.717) is 5.92 Å². The first-order valence-corrected chi connectivity index (χ1v) is 5.75. The summed E-state index contributed by atoms with van der Waals surface area (Å²) in [6.45, 7) is 0. The first-order chi connectivity index (χ1) is 7.93. The fraction of sp³-hybridized carbons (Fsp3) is 0.417. The Labute approximate surface area is 94.1 Å². The van der Waals surface area contributed by atoms with Gasteiger partial charge in [-0.25, -0.2) is 9.97 Å². The Balaban J connectivity index is 1.93. The molecule has 0 bridgehead atoms. The molecular weight excluding hydrogens is 200 g/mol. The van der Waals surface area contributed by atoms with Gasteiger partial charge in [-0.15, -0.1) is 0 Å². The smallest absolute Gasteiger partial charge is 0.162 e.